The molecule has 1 aromatic heterocycles. The lowest BCUT2D eigenvalue weighted by Crippen LogP contribution is -2.53. The number of hydrogen-bond acceptors (Lipinski definition) is 7. The van der Waals surface area contributed by atoms with Crippen LogP contribution in [0, 0.1) is 0 Å². The summed E-state index contributed by atoms with van der Waals surface area (Å²) >= 11 is 0. The van der Waals surface area contributed by atoms with Crippen molar-refractivity contribution >= 4 is 33.3 Å². The number of nitrogens with one attached hydrogen (secondary N) is 1. The van der Waals surface area contributed by atoms with Crippen molar-refractivity contribution in [2.24, 2.45) is 12.0 Å². The number of carbonyl (C=O) groups is 1. The van der Waals surface area contributed by atoms with Crippen LogP contribution in [0.4, 0.5) is 11.4 Å². The van der Waals surface area contributed by atoms with Gasteiger partial charge in [-0.1, -0.05) is 0 Å². The molecule has 4 aliphatic rings. The Balaban J connectivity index is 1.49. The zero-order chi connectivity index (χ0) is 23.8. The number of benzene rings is 1. The molecule has 11 heteroatoms. The van der Waals surface area contributed by atoms with Crippen molar-refractivity contribution in [1.29, 1.82) is 0 Å². The van der Waals surface area contributed by atoms with Gasteiger partial charge in [0.2, 0.25) is 16.0 Å². The van der Waals surface area contributed by atoms with Crippen LogP contribution in [0.15, 0.2) is 34.4 Å². The highest BCUT2D eigenvalue weighted by Crippen LogP contribution is 2.44. The van der Waals surface area contributed by atoms with Crippen molar-refractivity contribution < 1.29 is 13.2 Å². The third-order valence-electron chi connectivity index (χ3n) is 7.16. The number of amides is 1. The van der Waals surface area contributed by atoms with Gasteiger partial charge in [0.1, 0.15) is 0 Å². The van der Waals surface area contributed by atoms with Crippen LogP contribution in [0.3, 0.4) is 0 Å². The fourth-order valence-electron chi connectivity index (χ4n) is 4.86. The van der Waals surface area contributed by atoms with Crippen LogP contribution in [-0.4, -0.2) is 66.2 Å². The summed E-state index contributed by atoms with van der Waals surface area (Å²) in [4.78, 5) is 24.7. The Kier molecular flexibility index (Phi) is 4.63. The van der Waals surface area contributed by atoms with Gasteiger partial charge in [-0.2, -0.15) is 5.10 Å². The molecule has 10 nitrogen and oxygen atoms in total. The van der Waals surface area contributed by atoms with Gasteiger partial charge in [0.05, 0.1) is 47.2 Å². The van der Waals surface area contributed by atoms with E-state index in [1.807, 2.05) is 20.2 Å². The molecule has 2 aromatic rings. The molecule has 3 aliphatic heterocycles. The summed E-state index contributed by atoms with van der Waals surface area (Å²) in [7, 11) is -1.94. The van der Waals surface area contributed by atoms with Crippen molar-refractivity contribution in [2.45, 2.75) is 56.1 Å². The Morgan fingerprint density at radius 3 is 2.62 bits per heavy atom. The van der Waals surface area contributed by atoms with E-state index >= 15 is 0 Å². The van der Waals surface area contributed by atoms with Crippen LogP contribution in [0.1, 0.15) is 49.0 Å². The number of fused-ring (bicyclic) bond motifs is 3. The van der Waals surface area contributed by atoms with Crippen LogP contribution in [0.25, 0.3) is 0 Å². The number of guanidine groups is 1. The van der Waals surface area contributed by atoms with E-state index in [0.717, 1.165) is 49.3 Å². The quantitative estimate of drug-likeness (QED) is 0.671. The molecule has 0 unspecified atom stereocenters. The molecule has 2 fully saturated rings. The predicted molar refractivity (Wildman–Crippen MR) is 129 cm³/mol. The van der Waals surface area contributed by atoms with Crippen LogP contribution < -0.4 is 14.5 Å². The fourth-order valence-corrected chi connectivity index (χ4v) is 6.37. The molecule has 180 valence electrons. The first-order valence-corrected chi connectivity index (χ1v) is 13.2. The SMILES string of the molecule is C[C@@H]1CN=C2N(Cc3cnn(C)c3)C(=O)c3cc(S(=O)(=O)NC4(C)CC4)cc(N4CCC4)c3N21. The number of aryl methyl sites for hydroxylation is 1. The minimum absolute atomic E-state index is 0.0595. The summed E-state index contributed by atoms with van der Waals surface area (Å²) in [5.74, 6) is 0.384. The first-order chi connectivity index (χ1) is 16.2. The molecule has 0 radical (unpaired) electrons. The highest BCUT2D eigenvalue weighted by Gasteiger charge is 2.45. The molecule has 1 saturated carbocycles. The van der Waals surface area contributed by atoms with Gasteiger partial charge in [-0.3, -0.25) is 19.4 Å². The molecule has 0 bridgehead atoms. The van der Waals surface area contributed by atoms with Gasteiger partial charge in [0.15, 0.2) is 0 Å². The van der Waals surface area contributed by atoms with Crippen LogP contribution in [-0.2, 0) is 23.6 Å². The van der Waals surface area contributed by atoms with E-state index in [1.165, 1.54) is 0 Å². The molecule has 1 aromatic carbocycles. The zero-order valence-corrected chi connectivity index (χ0v) is 20.5. The molecular weight excluding hydrogens is 454 g/mol. The summed E-state index contributed by atoms with van der Waals surface area (Å²) in [6, 6.07) is 3.34. The van der Waals surface area contributed by atoms with Crippen molar-refractivity contribution in [3.8, 4) is 0 Å². The number of anilines is 2. The minimum atomic E-state index is -3.77. The largest absolute Gasteiger partial charge is 0.370 e. The van der Waals surface area contributed by atoms with Crippen molar-refractivity contribution in [3.05, 3.63) is 35.7 Å². The van der Waals surface area contributed by atoms with Gasteiger partial charge < -0.3 is 9.80 Å². The number of rotatable bonds is 6. The molecule has 1 amide bonds. The molecule has 1 N–H and O–H groups in total. The maximum Gasteiger partial charge on any atom is 0.263 e. The average molecular weight is 484 g/mol. The molecule has 1 aliphatic carbocycles. The monoisotopic (exact) mass is 483 g/mol. The molecule has 4 heterocycles. The van der Waals surface area contributed by atoms with E-state index in [4.69, 9.17) is 4.99 Å². The second-order valence-corrected chi connectivity index (χ2v) is 11.8. The van der Waals surface area contributed by atoms with Crippen molar-refractivity contribution in [2.75, 3.05) is 29.4 Å². The number of hydrogen-bond donors (Lipinski definition) is 1. The van der Waals surface area contributed by atoms with E-state index in [9.17, 15) is 13.2 Å². The summed E-state index contributed by atoms with van der Waals surface area (Å²) in [6.45, 7) is 6.56. The predicted octanol–water partition coefficient (Wildman–Crippen LogP) is 1.68. The highest BCUT2D eigenvalue weighted by molar-refractivity contribution is 7.89. The van der Waals surface area contributed by atoms with E-state index in [0.29, 0.717) is 24.6 Å². The van der Waals surface area contributed by atoms with Crippen molar-refractivity contribution in [3.63, 3.8) is 0 Å². The minimum Gasteiger partial charge on any atom is -0.370 e. The number of sulfonamides is 1. The normalized spacial score (nSPS) is 22.9. The molecule has 34 heavy (non-hydrogen) atoms. The molecule has 1 saturated heterocycles. The molecule has 0 spiro atoms. The second kappa shape index (κ2) is 7.29. The Morgan fingerprint density at radius 1 is 1.24 bits per heavy atom. The van der Waals surface area contributed by atoms with Gasteiger partial charge in [-0.05, 0) is 45.2 Å². The lowest BCUT2D eigenvalue weighted by molar-refractivity contribution is 0.0833. The summed E-state index contributed by atoms with van der Waals surface area (Å²) in [5, 5.41) is 4.23. The summed E-state index contributed by atoms with van der Waals surface area (Å²) in [5.41, 5.74) is 2.46. The lowest BCUT2D eigenvalue weighted by Gasteiger charge is -2.43. The topological polar surface area (TPSA) is 103 Å². The standard InChI is InChI=1S/C23H29N7O3S/c1-15-11-24-22-29(14-16-12-25-27(3)13-16)21(31)18-9-17(34(32,33)26-23(2)5-6-23)10-19(20(18)30(15)22)28-7-4-8-28/h9-10,12-13,15,26H,4-8,11,14H2,1-3H3/t15-/m1/s1. The first-order valence-electron chi connectivity index (χ1n) is 11.8. The number of aliphatic imine (C=N–C) groups is 1. The van der Waals surface area contributed by atoms with Gasteiger partial charge in [-0.15, -0.1) is 0 Å². The van der Waals surface area contributed by atoms with Gasteiger partial charge in [-0.25, -0.2) is 13.1 Å². The van der Waals surface area contributed by atoms with Crippen molar-refractivity contribution in [1.82, 2.24) is 19.4 Å². The smallest absolute Gasteiger partial charge is 0.263 e. The second-order valence-electron chi connectivity index (χ2n) is 10.1. The fraction of sp³-hybridized carbons (Fsp3) is 0.522. The summed E-state index contributed by atoms with van der Waals surface area (Å²) < 4.78 is 31.2. The van der Waals surface area contributed by atoms with Crippen LogP contribution >= 0.6 is 0 Å². The molecule has 6 rings (SSSR count). The number of carbonyl (C=O) groups excluding carboxylic acids is 1. The Morgan fingerprint density at radius 2 is 2.00 bits per heavy atom. The van der Waals surface area contributed by atoms with E-state index < -0.39 is 15.6 Å². The Bertz CT molecular complexity index is 1320. The van der Waals surface area contributed by atoms with Gasteiger partial charge in [0, 0.05) is 37.4 Å². The maximum absolute atomic E-state index is 13.9. The third-order valence-corrected chi connectivity index (χ3v) is 8.78. The van der Waals surface area contributed by atoms with Gasteiger partial charge in [0.25, 0.3) is 5.91 Å². The average Bonchev–Trinajstić information content (AvgIpc) is 3.12. The van der Waals surface area contributed by atoms with E-state index in [1.54, 1.807) is 27.9 Å². The van der Waals surface area contributed by atoms with E-state index in [2.05, 4.69) is 26.5 Å². The first kappa shape index (κ1) is 21.6. The Hall–Kier alpha value is -2.92. The number of nitrogens with zero attached hydrogens (tertiary/aromatic N) is 6. The molecule has 1 atom stereocenters. The molecular formula is C23H29N7O3S. The Labute approximate surface area is 199 Å². The van der Waals surface area contributed by atoms with Crippen LogP contribution in [0.5, 0.6) is 0 Å². The lowest BCUT2D eigenvalue weighted by atomic mass is 10.0. The van der Waals surface area contributed by atoms with Gasteiger partial charge >= 0.3 is 0 Å². The number of aromatic nitrogens is 2. The highest BCUT2D eigenvalue weighted by atomic mass is 32.2. The van der Waals surface area contributed by atoms with Crippen LogP contribution in [0.2, 0.25) is 0 Å². The third kappa shape index (κ3) is 3.40. The maximum atomic E-state index is 13.9. The summed E-state index contributed by atoms with van der Waals surface area (Å²) in [6.07, 6.45) is 6.29. The van der Waals surface area contributed by atoms with E-state index in [-0.39, 0.29) is 16.8 Å². The zero-order valence-electron chi connectivity index (χ0n) is 19.7.